The third kappa shape index (κ3) is 4.37. The molecule has 1 unspecified atom stereocenters. The van der Waals surface area contributed by atoms with E-state index in [1.54, 1.807) is 14.2 Å². The second-order valence-electron chi connectivity index (χ2n) is 7.59. The molecule has 32 heavy (non-hydrogen) atoms. The van der Waals surface area contributed by atoms with Crippen LogP contribution in [0.2, 0.25) is 0 Å². The average molecular weight is 451 g/mol. The van der Waals surface area contributed by atoms with Crippen LogP contribution in [0.4, 0.5) is 0 Å². The number of hydrogen-bond donors (Lipinski definition) is 1. The first kappa shape index (κ1) is 22.0. The third-order valence-corrected chi connectivity index (χ3v) is 5.87. The summed E-state index contributed by atoms with van der Waals surface area (Å²) < 4.78 is 16.3. The van der Waals surface area contributed by atoms with Gasteiger partial charge in [0.1, 0.15) is 5.75 Å². The SMILES string of the molecule is COCCN1C(=S)NC(c2ccc(C)cc2)C(c2nc(-c3ccc(OC)cc3)no2)=C1C. The van der Waals surface area contributed by atoms with Crippen molar-refractivity contribution in [1.29, 1.82) is 0 Å². The molecule has 0 amide bonds. The Kier molecular flexibility index (Phi) is 6.53. The fraction of sp³-hybridized carbons (Fsp3) is 0.292. The molecular formula is C24H26N4O3S. The molecule has 3 aromatic rings. The maximum Gasteiger partial charge on any atom is 0.258 e. The molecule has 166 valence electrons. The van der Waals surface area contributed by atoms with Crippen molar-refractivity contribution >= 4 is 22.9 Å². The van der Waals surface area contributed by atoms with Crippen molar-refractivity contribution in [2.24, 2.45) is 0 Å². The second kappa shape index (κ2) is 9.50. The molecule has 0 bridgehead atoms. The van der Waals surface area contributed by atoms with Gasteiger partial charge in [-0.3, -0.25) is 0 Å². The average Bonchev–Trinajstić information content (AvgIpc) is 3.29. The first-order valence-electron chi connectivity index (χ1n) is 10.3. The van der Waals surface area contributed by atoms with Gasteiger partial charge >= 0.3 is 0 Å². The Bertz CT molecular complexity index is 1120. The van der Waals surface area contributed by atoms with Crippen LogP contribution in [0, 0.1) is 6.92 Å². The highest BCUT2D eigenvalue weighted by Gasteiger charge is 2.33. The first-order chi connectivity index (χ1) is 15.5. The highest BCUT2D eigenvalue weighted by Crippen LogP contribution is 2.37. The number of ether oxygens (including phenoxy) is 2. The molecule has 1 N–H and O–H groups in total. The predicted octanol–water partition coefficient (Wildman–Crippen LogP) is 4.36. The number of aryl methyl sites for hydroxylation is 1. The third-order valence-electron chi connectivity index (χ3n) is 5.53. The summed E-state index contributed by atoms with van der Waals surface area (Å²) in [7, 11) is 3.31. The van der Waals surface area contributed by atoms with E-state index in [1.165, 1.54) is 5.56 Å². The highest BCUT2D eigenvalue weighted by atomic mass is 32.1. The first-order valence-corrected chi connectivity index (χ1v) is 10.8. The molecule has 7 nitrogen and oxygen atoms in total. The number of rotatable bonds is 7. The van der Waals surface area contributed by atoms with Crippen LogP contribution in [-0.2, 0) is 4.74 Å². The van der Waals surface area contributed by atoms with E-state index < -0.39 is 0 Å². The molecular weight excluding hydrogens is 424 g/mol. The largest absolute Gasteiger partial charge is 0.497 e. The lowest BCUT2D eigenvalue weighted by molar-refractivity contribution is 0.183. The monoisotopic (exact) mass is 450 g/mol. The van der Waals surface area contributed by atoms with Crippen molar-refractivity contribution in [1.82, 2.24) is 20.4 Å². The molecule has 0 fully saturated rings. The van der Waals surface area contributed by atoms with Crippen molar-refractivity contribution in [2.45, 2.75) is 19.9 Å². The van der Waals surface area contributed by atoms with Crippen LogP contribution in [0.5, 0.6) is 5.75 Å². The zero-order valence-corrected chi connectivity index (χ0v) is 19.4. The molecule has 1 atom stereocenters. The number of nitrogens with zero attached hydrogens (tertiary/aromatic N) is 3. The van der Waals surface area contributed by atoms with E-state index in [4.69, 9.17) is 31.2 Å². The Morgan fingerprint density at radius 3 is 2.44 bits per heavy atom. The van der Waals surface area contributed by atoms with Crippen LogP contribution >= 0.6 is 12.2 Å². The van der Waals surface area contributed by atoms with Crippen LogP contribution in [0.1, 0.15) is 30.0 Å². The topological polar surface area (TPSA) is 72.7 Å². The van der Waals surface area contributed by atoms with E-state index >= 15 is 0 Å². The van der Waals surface area contributed by atoms with Gasteiger partial charge in [-0.1, -0.05) is 35.0 Å². The Morgan fingerprint density at radius 2 is 1.78 bits per heavy atom. The number of thiocarbonyl (C=S) groups is 1. The number of methoxy groups -OCH3 is 2. The molecule has 2 heterocycles. The minimum Gasteiger partial charge on any atom is -0.497 e. The van der Waals surface area contributed by atoms with Gasteiger partial charge in [-0.2, -0.15) is 4.98 Å². The number of allylic oxidation sites excluding steroid dienone is 1. The standard InChI is InChI=1S/C24H26N4O3S/c1-15-5-7-17(8-6-15)21-20(16(2)28(13-14-29-3)24(32)25-21)23-26-22(27-31-23)18-9-11-19(30-4)12-10-18/h5-12,21H,13-14H2,1-4H3,(H,25,32). The molecule has 2 aromatic carbocycles. The van der Waals surface area contributed by atoms with Gasteiger partial charge in [-0.05, 0) is 55.9 Å². The Labute approximate surface area is 193 Å². The summed E-state index contributed by atoms with van der Waals surface area (Å²) in [6.45, 7) is 5.26. The molecule has 0 saturated heterocycles. The summed E-state index contributed by atoms with van der Waals surface area (Å²) in [5, 5.41) is 8.33. The van der Waals surface area contributed by atoms with Gasteiger partial charge in [0.2, 0.25) is 5.82 Å². The zero-order chi connectivity index (χ0) is 22.7. The second-order valence-corrected chi connectivity index (χ2v) is 7.98. The molecule has 0 spiro atoms. The smallest absolute Gasteiger partial charge is 0.258 e. The van der Waals surface area contributed by atoms with E-state index in [-0.39, 0.29) is 6.04 Å². The summed E-state index contributed by atoms with van der Waals surface area (Å²) >= 11 is 5.68. The van der Waals surface area contributed by atoms with Gasteiger partial charge in [0, 0.05) is 24.9 Å². The Hall–Kier alpha value is -3.23. The van der Waals surface area contributed by atoms with E-state index in [9.17, 15) is 0 Å². The van der Waals surface area contributed by atoms with Crippen LogP contribution < -0.4 is 10.1 Å². The van der Waals surface area contributed by atoms with Crippen molar-refractivity contribution < 1.29 is 14.0 Å². The van der Waals surface area contributed by atoms with Gasteiger partial charge < -0.3 is 24.2 Å². The van der Waals surface area contributed by atoms with Crippen LogP contribution in [0.3, 0.4) is 0 Å². The lowest BCUT2D eigenvalue weighted by atomic mass is 9.94. The number of nitrogens with one attached hydrogen (secondary N) is 1. The predicted molar refractivity (Wildman–Crippen MR) is 127 cm³/mol. The van der Waals surface area contributed by atoms with Gasteiger partial charge in [0.15, 0.2) is 5.11 Å². The summed E-state index contributed by atoms with van der Waals surface area (Å²) in [6, 6.07) is 15.7. The van der Waals surface area contributed by atoms with Crippen molar-refractivity contribution in [2.75, 3.05) is 27.4 Å². The summed E-state index contributed by atoms with van der Waals surface area (Å²) in [4.78, 5) is 6.74. The minimum absolute atomic E-state index is 0.203. The van der Waals surface area contributed by atoms with Crippen LogP contribution in [0.25, 0.3) is 17.0 Å². The molecule has 1 aliphatic rings. The lowest BCUT2D eigenvalue weighted by Gasteiger charge is -2.37. The van der Waals surface area contributed by atoms with Crippen molar-refractivity contribution in [3.05, 3.63) is 71.2 Å². The molecule has 1 aromatic heterocycles. The van der Waals surface area contributed by atoms with Gasteiger partial charge in [0.25, 0.3) is 5.89 Å². The molecule has 8 heteroatoms. The zero-order valence-electron chi connectivity index (χ0n) is 18.6. The van der Waals surface area contributed by atoms with E-state index in [2.05, 4.69) is 41.7 Å². The highest BCUT2D eigenvalue weighted by molar-refractivity contribution is 7.80. The number of hydrogen-bond acceptors (Lipinski definition) is 6. The Balaban J connectivity index is 1.76. The van der Waals surface area contributed by atoms with E-state index in [0.29, 0.717) is 30.0 Å². The fourth-order valence-corrected chi connectivity index (χ4v) is 4.06. The fourth-order valence-electron chi connectivity index (χ4n) is 3.71. The maximum absolute atomic E-state index is 5.76. The number of benzene rings is 2. The lowest BCUT2D eigenvalue weighted by Crippen LogP contribution is -2.47. The summed E-state index contributed by atoms with van der Waals surface area (Å²) in [5.41, 5.74) is 4.96. The molecule has 0 radical (unpaired) electrons. The van der Waals surface area contributed by atoms with Gasteiger partial charge in [-0.15, -0.1) is 0 Å². The van der Waals surface area contributed by atoms with Crippen LogP contribution in [-0.4, -0.2) is 47.5 Å². The minimum atomic E-state index is -0.203. The molecule has 0 saturated carbocycles. The van der Waals surface area contributed by atoms with Crippen molar-refractivity contribution in [3.8, 4) is 17.1 Å². The van der Waals surface area contributed by atoms with Gasteiger partial charge in [-0.25, -0.2) is 0 Å². The van der Waals surface area contributed by atoms with E-state index in [0.717, 1.165) is 28.1 Å². The van der Waals surface area contributed by atoms with Crippen molar-refractivity contribution in [3.63, 3.8) is 0 Å². The molecule has 0 aliphatic carbocycles. The summed E-state index contributed by atoms with van der Waals surface area (Å²) in [6.07, 6.45) is 0. The maximum atomic E-state index is 5.76. The quantitative estimate of drug-likeness (QED) is 0.532. The molecule has 4 rings (SSSR count). The normalized spacial score (nSPS) is 16.3. The summed E-state index contributed by atoms with van der Waals surface area (Å²) in [5.74, 6) is 1.74. The molecule has 1 aliphatic heterocycles. The van der Waals surface area contributed by atoms with E-state index in [1.807, 2.05) is 36.1 Å². The Morgan fingerprint density at radius 1 is 1.06 bits per heavy atom. The van der Waals surface area contributed by atoms with Crippen LogP contribution in [0.15, 0.2) is 58.8 Å². The number of aromatic nitrogens is 2. The van der Waals surface area contributed by atoms with Gasteiger partial charge in [0.05, 0.1) is 25.3 Å².